The van der Waals surface area contributed by atoms with Gasteiger partial charge in [0.25, 0.3) is 5.56 Å². The maximum Gasteiger partial charge on any atom is 0.251 e. The molecular weight excluding hydrogens is 372 g/mol. The zero-order chi connectivity index (χ0) is 20.8. The Morgan fingerprint density at radius 3 is 2.31 bits per heavy atom. The quantitative estimate of drug-likeness (QED) is 0.611. The van der Waals surface area contributed by atoms with Crippen LogP contribution in [0, 0.1) is 0 Å². The van der Waals surface area contributed by atoms with Crippen LogP contribution in [0.4, 0.5) is 0 Å². The first kappa shape index (κ1) is 20.3. The summed E-state index contributed by atoms with van der Waals surface area (Å²) in [5.74, 6) is 1.85. The molecule has 3 rings (SSSR count). The molecule has 7 heteroatoms. The fourth-order valence-corrected chi connectivity index (χ4v) is 3.15. The van der Waals surface area contributed by atoms with Crippen LogP contribution in [0.15, 0.2) is 47.3 Å². The minimum Gasteiger partial charge on any atom is -0.497 e. The Labute approximate surface area is 168 Å². The van der Waals surface area contributed by atoms with Gasteiger partial charge in [0, 0.05) is 17.5 Å². The normalized spacial score (nSPS) is 10.6. The number of fused-ring (bicyclic) bond motifs is 1. The van der Waals surface area contributed by atoms with Crippen LogP contribution < -0.4 is 25.1 Å². The average molecular weight is 396 g/mol. The number of pyridine rings is 1. The average Bonchev–Trinajstić information content (AvgIpc) is 2.74. The Bertz CT molecular complexity index is 1060. The van der Waals surface area contributed by atoms with Crippen molar-refractivity contribution in [3.05, 3.63) is 63.9 Å². The predicted octanol–water partition coefficient (Wildman–Crippen LogP) is 2.46. The summed E-state index contributed by atoms with van der Waals surface area (Å²) in [5.41, 5.74) is 1.83. The van der Waals surface area contributed by atoms with Gasteiger partial charge in [0.05, 0.1) is 33.3 Å². The van der Waals surface area contributed by atoms with Gasteiger partial charge >= 0.3 is 0 Å². The molecule has 0 saturated heterocycles. The molecule has 0 aliphatic heterocycles. The van der Waals surface area contributed by atoms with E-state index in [-0.39, 0.29) is 17.9 Å². The van der Waals surface area contributed by atoms with Crippen molar-refractivity contribution in [1.82, 2.24) is 10.3 Å². The van der Waals surface area contributed by atoms with E-state index in [1.807, 2.05) is 24.3 Å². The second-order valence-corrected chi connectivity index (χ2v) is 6.51. The zero-order valence-corrected chi connectivity index (χ0v) is 16.7. The van der Waals surface area contributed by atoms with Gasteiger partial charge in [-0.1, -0.05) is 12.1 Å². The van der Waals surface area contributed by atoms with Crippen LogP contribution in [-0.4, -0.2) is 38.8 Å². The van der Waals surface area contributed by atoms with E-state index in [9.17, 15) is 9.59 Å². The van der Waals surface area contributed by atoms with Crippen molar-refractivity contribution in [2.45, 2.75) is 12.8 Å². The number of nitrogens with one attached hydrogen (secondary N) is 2. The van der Waals surface area contributed by atoms with Crippen LogP contribution in [0.25, 0.3) is 10.9 Å². The van der Waals surface area contributed by atoms with E-state index < -0.39 is 0 Å². The van der Waals surface area contributed by atoms with E-state index in [2.05, 4.69) is 10.3 Å². The monoisotopic (exact) mass is 396 g/mol. The van der Waals surface area contributed by atoms with Gasteiger partial charge < -0.3 is 24.5 Å². The Morgan fingerprint density at radius 2 is 1.66 bits per heavy atom. The molecule has 3 aromatic rings. The summed E-state index contributed by atoms with van der Waals surface area (Å²) in [6.07, 6.45) is 0.670. The fourth-order valence-electron chi connectivity index (χ4n) is 3.15. The molecule has 1 amide bonds. The third-order valence-electron chi connectivity index (χ3n) is 4.70. The van der Waals surface area contributed by atoms with Gasteiger partial charge in [-0.3, -0.25) is 9.59 Å². The van der Waals surface area contributed by atoms with Crippen LogP contribution in [0.5, 0.6) is 17.2 Å². The van der Waals surface area contributed by atoms with Crippen LogP contribution in [-0.2, 0) is 17.6 Å². The van der Waals surface area contributed by atoms with Crippen molar-refractivity contribution in [3.63, 3.8) is 0 Å². The molecule has 29 heavy (non-hydrogen) atoms. The highest BCUT2D eigenvalue weighted by molar-refractivity contribution is 5.90. The lowest BCUT2D eigenvalue weighted by atomic mass is 10.1. The Balaban J connectivity index is 1.67. The smallest absolute Gasteiger partial charge is 0.251 e. The maximum absolute atomic E-state index is 12.5. The molecule has 0 spiro atoms. The molecule has 0 radical (unpaired) electrons. The van der Waals surface area contributed by atoms with Gasteiger partial charge in [0.1, 0.15) is 17.2 Å². The van der Waals surface area contributed by atoms with E-state index in [1.165, 1.54) is 0 Å². The van der Waals surface area contributed by atoms with Gasteiger partial charge in [-0.2, -0.15) is 0 Å². The molecule has 7 nitrogen and oxygen atoms in total. The van der Waals surface area contributed by atoms with Crippen LogP contribution >= 0.6 is 0 Å². The van der Waals surface area contributed by atoms with Crippen LogP contribution in [0.1, 0.15) is 11.1 Å². The molecule has 0 unspecified atom stereocenters. The van der Waals surface area contributed by atoms with Crippen molar-refractivity contribution < 1.29 is 19.0 Å². The topological polar surface area (TPSA) is 89.7 Å². The molecule has 0 saturated carbocycles. The van der Waals surface area contributed by atoms with Gasteiger partial charge in [0.15, 0.2) is 0 Å². The SMILES string of the molecule is COc1ccc(CC(=O)NCCc2cc3c(OC)ccc(OC)c3[nH]c2=O)cc1. The summed E-state index contributed by atoms with van der Waals surface area (Å²) in [6.45, 7) is 0.357. The molecule has 0 atom stereocenters. The number of H-pyrrole nitrogens is 1. The molecule has 1 aromatic heterocycles. The number of benzene rings is 2. The van der Waals surface area contributed by atoms with E-state index in [0.29, 0.717) is 35.5 Å². The summed E-state index contributed by atoms with van der Waals surface area (Å²) >= 11 is 0. The summed E-state index contributed by atoms with van der Waals surface area (Å²) in [5, 5.41) is 3.61. The number of rotatable bonds is 8. The second-order valence-electron chi connectivity index (χ2n) is 6.51. The molecule has 2 aromatic carbocycles. The van der Waals surface area contributed by atoms with Gasteiger partial charge in [-0.15, -0.1) is 0 Å². The van der Waals surface area contributed by atoms with E-state index in [4.69, 9.17) is 14.2 Å². The first-order chi connectivity index (χ1) is 14.0. The lowest BCUT2D eigenvalue weighted by molar-refractivity contribution is -0.120. The minimum absolute atomic E-state index is 0.105. The highest BCUT2D eigenvalue weighted by Crippen LogP contribution is 2.31. The summed E-state index contributed by atoms with van der Waals surface area (Å²) < 4.78 is 15.8. The minimum atomic E-state index is -0.214. The summed E-state index contributed by atoms with van der Waals surface area (Å²) in [6, 6.07) is 12.7. The van der Waals surface area contributed by atoms with Crippen molar-refractivity contribution in [2.75, 3.05) is 27.9 Å². The molecular formula is C22H24N2O5. The second kappa shape index (κ2) is 9.14. The zero-order valence-electron chi connectivity index (χ0n) is 16.7. The molecule has 1 heterocycles. The Hall–Kier alpha value is -3.48. The largest absolute Gasteiger partial charge is 0.497 e. The molecule has 0 bridgehead atoms. The number of aromatic nitrogens is 1. The predicted molar refractivity (Wildman–Crippen MR) is 111 cm³/mol. The van der Waals surface area contributed by atoms with Crippen LogP contribution in [0.3, 0.4) is 0 Å². The number of hydrogen-bond acceptors (Lipinski definition) is 5. The van der Waals surface area contributed by atoms with Gasteiger partial charge in [-0.05, 0) is 42.3 Å². The van der Waals surface area contributed by atoms with E-state index in [1.54, 1.807) is 39.5 Å². The number of carbonyl (C=O) groups is 1. The first-order valence-corrected chi connectivity index (χ1v) is 9.22. The lowest BCUT2D eigenvalue weighted by Crippen LogP contribution is -2.28. The highest BCUT2D eigenvalue weighted by atomic mass is 16.5. The lowest BCUT2D eigenvalue weighted by Gasteiger charge is -2.11. The molecule has 0 fully saturated rings. The Kier molecular flexibility index (Phi) is 6.39. The Morgan fingerprint density at radius 1 is 0.966 bits per heavy atom. The van der Waals surface area contributed by atoms with Crippen molar-refractivity contribution in [2.24, 2.45) is 0 Å². The molecule has 2 N–H and O–H groups in total. The summed E-state index contributed by atoms with van der Waals surface area (Å²) in [7, 11) is 4.72. The van der Waals surface area contributed by atoms with Crippen LogP contribution in [0.2, 0.25) is 0 Å². The number of ether oxygens (including phenoxy) is 3. The molecule has 0 aliphatic rings. The summed E-state index contributed by atoms with van der Waals surface area (Å²) in [4.78, 5) is 27.5. The number of amides is 1. The first-order valence-electron chi connectivity index (χ1n) is 9.22. The number of hydrogen-bond donors (Lipinski definition) is 2. The number of aromatic amines is 1. The number of carbonyl (C=O) groups excluding carboxylic acids is 1. The van der Waals surface area contributed by atoms with Crippen molar-refractivity contribution >= 4 is 16.8 Å². The molecule has 152 valence electrons. The number of methoxy groups -OCH3 is 3. The van der Waals surface area contributed by atoms with Crippen molar-refractivity contribution in [1.29, 1.82) is 0 Å². The van der Waals surface area contributed by atoms with Crippen molar-refractivity contribution in [3.8, 4) is 17.2 Å². The van der Waals surface area contributed by atoms with E-state index in [0.717, 1.165) is 16.7 Å². The fraction of sp³-hybridized carbons (Fsp3) is 0.273. The maximum atomic E-state index is 12.5. The van der Waals surface area contributed by atoms with Gasteiger partial charge in [0.2, 0.25) is 5.91 Å². The third-order valence-corrected chi connectivity index (χ3v) is 4.70. The standard InChI is InChI=1S/C22H24N2O5/c1-27-16-6-4-14(5-7-16)12-20(25)23-11-10-15-13-17-18(28-2)8-9-19(29-3)21(17)24-22(15)26/h4-9,13H,10-12H2,1-3H3,(H,23,25)(H,24,26). The third kappa shape index (κ3) is 4.68. The van der Waals surface area contributed by atoms with E-state index >= 15 is 0 Å². The molecule has 0 aliphatic carbocycles. The highest BCUT2D eigenvalue weighted by Gasteiger charge is 2.12. The van der Waals surface area contributed by atoms with Gasteiger partial charge in [-0.25, -0.2) is 0 Å².